The van der Waals surface area contributed by atoms with E-state index in [-0.39, 0.29) is 12.0 Å². The van der Waals surface area contributed by atoms with E-state index in [1.165, 1.54) is 19.3 Å². The molecule has 0 radical (unpaired) electrons. The highest BCUT2D eigenvalue weighted by atomic mass is 32.2. The molecule has 2 saturated carbocycles. The highest BCUT2D eigenvalue weighted by Gasteiger charge is 2.35. The van der Waals surface area contributed by atoms with Crippen LogP contribution in [0.1, 0.15) is 77.6 Å². The number of aliphatic imine (C=N–C) groups is 1. The summed E-state index contributed by atoms with van der Waals surface area (Å²) < 4.78 is 5.05. The van der Waals surface area contributed by atoms with Crippen LogP contribution in [0.25, 0.3) is 0 Å². The molecule has 158 valence electrons. The minimum Gasteiger partial charge on any atom is -0.466 e. The Morgan fingerprint density at radius 2 is 1.82 bits per heavy atom. The lowest BCUT2D eigenvalue weighted by Gasteiger charge is -2.42. The van der Waals surface area contributed by atoms with Gasteiger partial charge in [0, 0.05) is 24.3 Å². The number of amidine groups is 1. The molecule has 0 unspecified atom stereocenters. The van der Waals surface area contributed by atoms with Crippen LogP contribution in [0.2, 0.25) is 0 Å². The van der Waals surface area contributed by atoms with E-state index in [4.69, 9.17) is 4.74 Å². The highest BCUT2D eigenvalue weighted by molar-refractivity contribution is 8.14. The summed E-state index contributed by atoms with van der Waals surface area (Å²) in [4.78, 5) is 31.3. The average Bonchev–Trinajstić information content (AvgIpc) is 3.22. The van der Waals surface area contributed by atoms with Crippen LogP contribution in [0.5, 0.6) is 0 Å². The number of carbonyl (C=O) groups excluding carboxylic acids is 2. The molecule has 1 heterocycles. The van der Waals surface area contributed by atoms with Gasteiger partial charge < -0.3 is 9.64 Å². The van der Waals surface area contributed by atoms with E-state index >= 15 is 0 Å². The van der Waals surface area contributed by atoms with Crippen LogP contribution in [0.15, 0.2) is 4.99 Å². The van der Waals surface area contributed by atoms with E-state index < -0.39 is 0 Å². The van der Waals surface area contributed by atoms with Gasteiger partial charge in [-0.15, -0.1) is 0 Å². The van der Waals surface area contributed by atoms with Crippen molar-refractivity contribution < 1.29 is 14.3 Å². The molecule has 1 aliphatic heterocycles. The molecule has 0 aromatic carbocycles. The van der Waals surface area contributed by atoms with E-state index in [2.05, 4.69) is 15.2 Å². The van der Waals surface area contributed by atoms with Crippen LogP contribution in [0.4, 0.5) is 4.79 Å². The van der Waals surface area contributed by atoms with E-state index in [0.29, 0.717) is 31.0 Å². The predicted molar refractivity (Wildman–Crippen MR) is 114 cm³/mol. The van der Waals surface area contributed by atoms with Gasteiger partial charge in [-0.1, -0.05) is 31.0 Å². The number of hydrogen-bond donors (Lipinski definition) is 1. The minimum absolute atomic E-state index is 0.0509. The normalized spacial score (nSPS) is 25.8. The zero-order valence-electron chi connectivity index (χ0n) is 17.2. The van der Waals surface area contributed by atoms with Crippen LogP contribution >= 0.6 is 11.8 Å². The molecule has 28 heavy (non-hydrogen) atoms. The van der Waals surface area contributed by atoms with Crippen molar-refractivity contribution in [3.05, 3.63) is 0 Å². The monoisotopic (exact) mass is 409 g/mol. The molecule has 6 nitrogen and oxygen atoms in total. The van der Waals surface area contributed by atoms with Crippen LogP contribution in [0, 0.1) is 5.92 Å². The number of esters is 1. The number of ether oxygens (including phenoxy) is 1. The number of nitrogens with one attached hydrogen (secondary N) is 1. The van der Waals surface area contributed by atoms with Crippen LogP contribution in [0.3, 0.4) is 0 Å². The first-order chi connectivity index (χ1) is 13.7. The third-order valence-electron chi connectivity index (χ3n) is 6.27. The number of nitrogens with zero attached hydrogens (tertiary/aromatic N) is 2. The Morgan fingerprint density at radius 1 is 1.11 bits per heavy atom. The van der Waals surface area contributed by atoms with Crippen LogP contribution in [-0.4, -0.2) is 53.1 Å². The number of amides is 2. The Bertz CT molecular complexity index is 555. The van der Waals surface area contributed by atoms with Crippen molar-refractivity contribution in [1.82, 2.24) is 10.2 Å². The van der Waals surface area contributed by atoms with Gasteiger partial charge in [0.05, 0.1) is 13.2 Å². The Hall–Kier alpha value is -1.24. The second kappa shape index (κ2) is 11.1. The summed E-state index contributed by atoms with van der Waals surface area (Å²) in [7, 11) is 0. The first-order valence-electron chi connectivity index (χ1n) is 11.1. The first-order valence-corrected chi connectivity index (χ1v) is 12.1. The Balaban J connectivity index is 1.54. The summed E-state index contributed by atoms with van der Waals surface area (Å²) in [5.41, 5.74) is 0. The van der Waals surface area contributed by atoms with E-state index in [0.717, 1.165) is 62.4 Å². The molecule has 0 bridgehead atoms. The molecular weight excluding hydrogens is 374 g/mol. The molecular formula is C21H35N3O3S. The zero-order chi connectivity index (χ0) is 19.8. The Kier molecular flexibility index (Phi) is 8.49. The molecule has 2 fully saturated rings. The van der Waals surface area contributed by atoms with Crippen molar-refractivity contribution in [3.8, 4) is 0 Å². The maximum atomic E-state index is 13.1. The molecule has 0 spiro atoms. The van der Waals surface area contributed by atoms with Crippen molar-refractivity contribution in [3.63, 3.8) is 0 Å². The van der Waals surface area contributed by atoms with E-state index in [9.17, 15) is 9.59 Å². The highest BCUT2D eigenvalue weighted by Crippen LogP contribution is 2.34. The standard InChI is InChI=1S/C21H35N3O3S/c1-2-27-19(25)13-10-16-8-11-18(12-9-16)24(17-6-4-3-5-7-17)21(26)23-20-22-14-15-28-20/h16-18H,2-15H2,1H3,(H,22,23,26). The number of carbonyl (C=O) groups is 2. The number of urea groups is 1. The summed E-state index contributed by atoms with van der Waals surface area (Å²) in [6, 6.07) is 0.728. The third kappa shape index (κ3) is 6.13. The number of rotatable bonds is 6. The molecule has 1 N–H and O–H groups in total. The molecule has 0 saturated heterocycles. The first kappa shape index (κ1) is 21.5. The maximum Gasteiger partial charge on any atom is 0.323 e. The van der Waals surface area contributed by atoms with Gasteiger partial charge in [0.1, 0.15) is 0 Å². The molecule has 3 aliphatic rings. The molecule has 2 aliphatic carbocycles. The molecule has 0 aromatic rings. The van der Waals surface area contributed by atoms with Gasteiger partial charge >= 0.3 is 12.0 Å². The van der Waals surface area contributed by atoms with Gasteiger partial charge in [-0.3, -0.25) is 15.1 Å². The topological polar surface area (TPSA) is 71.0 Å². The van der Waals surface area contributed by atoms with Crippen molar-refractivity contribution in [2.24, 2.45) is 10.9 Å². The number of thioether (sulfide) groups is 1. The smallest absolute Gasteiger partial charge is 0.323 e. The molecule has 0 aromatic heterocycles. The van der Waals surface area contributed by atoms with Crippen molar-refractivity contribution in [1.29, 1.82) is 0 Å². The Morgan fingerprint density at radius 3 is 2.46 bits per heavy atom. The summed E-state index contributed by atoms with van der Waals surface area (Å²) >= 11 is 1.64. The SMILES string of the molecule is CCOC(=O)CCC1CCC(N(C(=O)NC2=NCCS2)C2CCCCC2)CC1. The summed E-state index contributed by atoms with van der Waals surface area (Å²) in [6.07, 6.45) is 11.7. The lowest BCUT2D eigenvalue weighted by molar-refractivity contribution is -0.143. The van der Waals surface area contributed by atoms with Gasteiger partial charge in [-0.05, 0) is 57.8 Å². The quantitative estimate of drug-likeness (QED) is 0.663. The van der Waals surface area contributed by atoms with Gasteiger partial charge in [-0.25, -0.2) is 4.79 Å². The fourth-order valence-corrected chi connectivity index (χ4v) is 5.54. The van der Waals surface area contributed by atoms with E-state index in [1.54, 1.807) is 11.8 Å². The van der Waals surface area contributed by atoms with Gasteiger partial charge in [0.15, 0.2) is 5.17 Å². The maximum absolute atomic E-state index is 13.1. The van der Waals surface area contributed by atoms with Gasteiger partial charge in [0.25, 0.3) is 0 Å². The van der Waals surface area contributed by atoms with E-state index in [1.807, 2.05) is 6.92 Å². The largest absolute Gasteiger partial charge is 0.466 e. The van der Waals surface area contributed by atoms with Crippen molar-refractivity contribution in [2.75, 3.05) is 18.9 Å². The molecule has 0 atom stereocenters. The third-order valence-corrected chi connectivity index (χ3v) is 7.16. The Labute approximate surface area is 173 Å². The second-order valence-electron chi connectivity index (χ2n) is 8.18. The van der Waals surface area contributed by atoms with Crippen molar-refractivity contribution >= 4 is 28.9 Å². The second-order valence-corrected chi connectivity index (χ2v) is 9.27. The predicted octanol–water partition coefficient (Wildman–Crippen LogP) is 4.34. The van der Waals surface area contributed by atoms with Crippen molar-refractivity contribution in [2.45, 2.75) is 89.6 Å². The van der Waals surface area contributed by atoms with Crippen LogP contribution < -0.4 is 5.32 Å². The zero-order valence-corrected chi connectivity index (χ0v) is 18.0. The van der Waals surface area contributed by atoms with Gasteiger partial charge in [-0.2, -0.15) is 0 Å². The summed E-state index contributed by atoms with van der Waals surface area (Å²) in [5, 5.41) is 3.86. The molecule has 7 heteroatoms. The van der Waals surface area contributed by atoms with Crippen LogP contribution in [-0.2, 0) is 9.53 Å². The molecule has 3 rings (SSSR count). The molecule has 2 amide bonds. The van der Waals surface area contributed by atoms with Gasteiger partial charge in [0.2, 0.25) is 0 Å². The number of hydrogen-bond acceptors (Lipinski definition) is 5. The lowest BCUT2D eigenvalue weighted by atomic mass is 9.81. The lowest BCUT2D eigenvalue weighted by Crippen LogP contribution is -2.53. The fraction of sp³-hybridized carbons (Fsp3) is 0.857. The minimum atomic E-state index is -0.0809. The summed E-state index contributed by atoms with van der Waals surface area (Å²) in [5.74, 6) is 1.46. The average molecular weight is 410 g/mol. The fourth-order valence-electron chi connectivity index (χ4n) is 4.82. The summed E-state index contributed by atoms with van der Waals surface area (Å²) in [6.45, 7) is 3.11.